The van der Waals surface area contributed by atoms with Crippen molar-refractivity contribution in [3.63, 3.8) is 0 Å². The van der Waals surface area contributed by atoms with Gasteiger partial charge < -0.3 is 16.0 Å². The molecule has 2 fully saturated rings. The third-order valence-corrected chi connectivity index (χ3v) is 5.61. The van der Waals surface area contributed by atoms with Crippen LogP contribution in [0.4, 0.5) is 4.79 Å². The van der Waals surface area contributed by atoms with Crippen LogP contribution in [0.1, 0.15) is 30.4 Å². The van der Waals surface area contributed by atoms with Gasteiger partial charge in [0.05, 0.1) is 0 Å². The average molecular weight is 379 g/mol. The molecule has 0 bridgehead atoms. The van der Waals surface area contributed by atoms with Crippen LogP contribution in [-0.4, -0.2) is 53.3 Å². The SMILES string of the molecule is Cl.NC1CCN(C(=O)CN2C(=O)NC3(CCc4ccccc43)C2=O)CC1. The summed E-state index contributed by atoms with van der Waals surface area (Å²) in [5, 5.41) is 2.85. The monoisotopic (exact) mass is 378 g/mol. The van der Waals surface area contributed by atoms with E-state index in [1.54, 1.807) is 4.90 Å². The molecule has 2 aliphatic heterocycles. The maximum absolute atomic E-state index is 13.0. The van der Waals surface area contributed by atoms with E-state index in [1.165, 1.54) is 0 Å². The van der Waals surface area contributed by atoms with Crippen molar-refractivity contribution in [2.75, 3.05) is 19.6 Å². The van der Waals surface area contributed by atoms with E-state index >= 15 is 0 Å². The van der Waals surface area contributed by atoms with Gasteiger partial charge in [0.1, 0.15) is 12.1 Å². The molecule has 3 aliphatic rings. The van der Waals surface area contributed by atoms with Crippen molar-refractivity contribution in [1.82, 2.24) is 15.1 Å². The molecule has 1 aromatic carbocycles. The first-order valence-electron chi connectivity index (χ1n) is 8.77. The number of piperidine rings is 1. The Hall–Kier alpha value is -2.12. The minimum absolute atomic E-state index is 0. The second-order valence-corrected chi connectivity index (χ2v) is 7.10. The Bertz CT molecular complexity index is 748. The fourth-order valence-corrected chi connectivity index (χ4v) is 4.12. The lowest BCUT2D eigenvalue weighted by atomic mass is 9.92. The Labute approximate surface area is 158 Å². The predicted octanol–water partition coefficient (Wildman–Crippen LogP) is 0.751. The van der Waals surface area contributed by atoms with Gasteiger partial charge in [0.2, 0.25) is 5.91 Å². The fraction of sp³-hybridized carbons (Fsp3) is 0.500. The second-order valence-electron chi connectivity index (χ2n) is 7.10. The highest BCUT2D eigenvalue weighted by molar-refractivity contribution is 6.09. The minimum Gasteiger partial charge on any atom is -0.341 e. The summed E-state index contributed by atoms with van der Waals surface area (Å²) < 4.78 is 0. The number of aryl methyl sites for hydroxylation is 1. The number of nitrogens with zero attached hydrogens (tertiary/aromatic N) is 2. The number of carbonyl (C=O) groups is 3. The van der Waals surface area contributed by atoms with Gasteiger partial charge in [-0.05, 0) is 36.8 Å². The zero-order valence-corrected chi connectivity index (χ0v) is 15.3. The molecule has 0 aromatic heterocycles. The summed E-state index contributed by atoms with van der Waals surface area (Å²) in [6.07, 6.45) is 2.79. The zero-order chi connectivity index (χ0) is 17.6. The van der Waals surface area contributed by atoms with Gasteiger partial charge in [-0.15, -0.1) is 12.4 Å². The maximum Gasteiger partial charge on any atom is 0.325 e. The van der Waals surface area contributed by atoms with Gasteiger partial charge in [-0.25, -0.2) is 4.79 Å². The molecule has 2 heterocycles. The quantitative estimate of drug-likeness (QED) is 0.742. The number of amides is 4. The first-order valence-corrected chi connectivity index (χ1v) is 8.77. The summed E-state index contributed by atoms with van der Waals surface area (Å²) in [4.78, 5) is 40.7. The standard InChI is InChI=1S/C18H22N4O3.ClH/c19-13-6-9-21(10-7-13)15(23)11-22-16(24)18(20-17(22)25)8-5-12-3-1-2-4-14(12)18;/h1-4,13H,5-11,19H2,(H,20,25);1H. The number of hydrogen-bond donors (Lipinski definition) is 2. The van der Waals surface area contributed by atoms with Crippen LogP contribution in [0.3, 0.4) is 0 Å². The van der Waals surface area contributed by atoms with Gasteiger partial charge in [-0.1, -0.05) is 24.3 Å². The van der Waals surface area contributed by atoms with E-state index in [0.29, 0.717) is 19.5 Å². The number of rotatable bonds is 2. The van der Waals surface area contributed by atoms with Crippen LogP contribution in [0.2, 0.25) is 0 Å². The van der Waals surface area contributed by atoms with Crippen molar-refractivity contribution in [3.05, 3.63) is 35.4 Å². The number of nitrogens with one attached hydrogen (secondary N) is 1. The maximum atomic E-state index is 13.0. The number of nitrogens with two attached hydrogens (primary N) is 1. The molecule has 1 aromatic rings. The van der Waals surface area contributed by atoms with Crippen LogP contribution in [0.15, 0.2) is 24.3 Å². The molecule has 140 valence electrons. The van der Waals surface area contributed by atoms with Gasteiger partial charge in [-0.2, -0.15) is 0 Å². The van der Waals surface area contributed by atoms with Gasteiger partial charge in [0.25, 0.3) is 5.91 Å². The fourth-order valence-electron chi connectivity index (χ4n) is 4.12. The molecule has 2 saturated heterocycles. The summed E-state index contributed by atoms with van der Waals surface area (Å²) in [6.45, 7) is 0.957. The Morgan fingerprint density at radius 3 is 2.65 bits per heavy atom. The lowest BCUT2D eigenvalue weighted by Crippen LogP contribution is -2.48. The smallest absolute Gasteiger partial charge is 0.325 e. The number of imide groups is 1. The van der Waals surface area contributed by atoms with E-state index in [1.807, 2.05) is 24.3 Å². The summed E-state index contributed by atoms with van der Waals surface area (Å²) in [5.41, 5.74) is 6.79. The molecule has 1 aliphatic carbocycles. The van der Waals surface area contributed by atoms with Crippen molar-refractivity contribution >= 4 is 30.3 Å². The van der Waals surface area contributed by atoms with Crippen LogP contribution in [0, 0.1) is 0 Å². The van der Waals surface area contributed by atoms with Crippen LogP contribution in [0.25, 0.3) is 0 Å². The Morgan fingerprint density at radius 2 is 1.92 bits per heavy atom. The highest BCUT2D eigenvalue weighted by Gasteiger charge is 2.55. The molecule has 0 saturated carbocycles. The van der Waals surface area contributed by atoms with Crippen LogP contribution >= 0.6 is 12.4 Å². The molecular formula is C18H23ClN4O3. The number of carbonyl (C=O) groups excluding carboxylic acids is 3. The molecular weight excluding hydrogens is 356 g/mol. The molecule has 8 heteroatoms. The number of likely N-dealkylation sites (tertiary alicyclic amines) is 1. The average Bonchev–Trinajstić information content (AvgIpc) is 3.09. The summed E-state index contributed by atoms with van der Waals surface area (Å²) in [7, 11) is 0. The lowest BCUT2D eigenvalue weighted by Gasteiger charge is -2.31. The van der Waals surface area contributed by atoms with Crippen molar-refractivity contribution in [2.24, 2.45) is 5.73 Å². The van der Waals surface area contributed by atoms with Crippen molar-refractivity contribution in [2.45, 2.75) is 37.3 Å². The van der Waals surface area contributed by atoms with Crippen LogP contribution in [0.5, 0.6) is 0 Å². The van der Waals surface area contributed by atoms with Crippen molar-refractivity contribution in [3.8, 4) is 0 Å². The Balaban J connectivity index is 0.00000196. The van der Waals surface area contributed by atoms with E-state index in [4.69, 9.17) is 5.73 Å². The zero-order valence-electron chi connectivity index (χ0n) is 14.4. The summed E-state index contributed by atoms with van der Waals surface area (Å²) in [6, 6.07) is 7.31. The highest BCUT2D eigenvalue weighted by Crippen LogP contribution is 2.41. The van der Waals surface area contributed by atoms with E-state index in [9.17, 15) is 14.4 Å². The number of fused-ring (bicyclic) bond motifs is 2. The van der Waals surface area contributed by atoms with E-state index in [-0.39, 0.29) is 36.8 Å². The van der Waals surface area contributed by atoms with Crippen LogP contribution < -0.4 is 11.1 Å². The molecule has 26 heavy (non-hydrogen) atoms. The van der Waals surface area contributed by atoms with E-state index < -0.39 is 11.6 Å². The second kappa shape index (κ2) is 6.89. The summed E-state index contributed by atoms with van der Waals surface area (Å²) >= 11 is 0. The first-order chi connectivity index (χ1) is 12.0. The van der Waals surface area contributed by atoms with E-state index in [2.05, 4.69) is 5.32 Å². The topological polar surface area (TPSA) is 95.7 Å². The number of hydrogen-bond acceptors (Lipinski definition) is 4. The van der Waals surface area contributed by atoms with Gasteiger partial charge >= 0.3 is 6.03 Å². The third-order valence-electron chi connectivity index (χ3n) is 5.61. The first kappa shape index (κ1) is 18.7. The summed E-state index contributed by atoms with van der Waals surface area (Å²) in [5.74, 6) is -0.511. The lowest BCUT2D eigenvalue weighted by molar-refractivity contribution is -0.139. The van der Waals surface area contributed by atoms with E-state index in [0.717, 1.165) is 35.3 Å². The molecule has 4 rings (SSSR count). The molecule has 0 radical (unpaired) electrons. The normalized spacial score (nSPS) is 25.3. The molecule has 7 nitrogen and oxygen atoms in total. The molecule has 3 N–H and O–H groups in total. The molecule has 1 spiro atoms. The molecule has 1 unspecified atom stereocenters. The Morgan fingerprint density at radius 1 is 1.23 bits per heavy atom. The third kappa shape index (κ3) is 2.85. The van der Waals surface area contributed by atoms with Crippen molar-refractivity contribution in [1.29, 1.82) is 0 Å². The van der Waals surface area contributed by atoms with Gasteiger partial charge in [0, 0.05) is 19.1 Å². The van der Waals surface area contributed by atoms with Gasteiger partial charge in [-0.3, -0.25) is 14.5 Å². The predicted molar refractivity (Wildman–Crippen MR) is 97.7 cm³/mol. The largest absolute Gasteiger partial charge is 0.341 e. The number of urea groups is 1. The molecule has 1 atom stereocenters. The number of benzene rings is 1. The minimum atomic E-state index is -1.00. The van der Waals surface area contributed by atoms with Gasteiger partial charge in [0.15, 0.2) is 0 Å². The Kier molecular flexibility index (Phi) is 4.94. The number of halogens is 1. The van der Waals surface area contributed by atoms with Crippen LogP contribution in [-0.2, 0) is 21.5 Å². The van der Waals surface area contributed by atoms with Crippen molar-refractivity contribution < 1.29 is 14.4 Å². The highest BCUT2D eigenvalue weighted by atomic mass is 35.5. The molecule has 4 amide bonds.